The van der Waals surface area contributed by atoms with Gasteiger partial charge in [0, 0.05) is 25.4 Å². The Labute approximate surface area is 150 Å². The number of hydrogen-bond donors (Lipinski definition) is 2. The molecule has 6 nitrogen and oxygen atoms in total. The minimum Gasteiger partial charge on any atom is -0.481 e. The fourth-order valence-corrected chi connectivity index (χ4v) is 2.73. The highest BCUT2D eigenvalue weighted by molar-refractivity contribution is 6.30. The Morgan fingerprint density at radius 1 is 1.36 bits per heavy atom. The maximum absolute atomic E-state index is 10.7. The molecule has 0 radical (unpaired) electrons. The molecular formula is C18H19ClN4O2. The lowest BCUT2D eigenvalue weighted by Crippen LogP contribution is -2.07. The van der Waals surface area contributed by atoms with E-state index in [1.54, 1.807) is 12.3 Å². The van der Waals surface area contributed by atoms with Crippen LogP contribution in [0, 0.1) is 0 Å². The molecule has 0 spiro atoms. The zero-order valence-electron chi connectivity index (χ0n) is 13.9. The van der Waals surface area contributed by atoms with E-state index >= 15 is 0 Å². The van der Waals surface area contributed by atoms with E-state index in [0.29, 0.717) is 23.7 Å². The molecule has 2 N–H and O–H groups in total. The number of fused-ring (bicyclic) bond motifs is 1. The second-order valence-corrected chi connectivity index (χ2v) is 6.15. The van der Waals surface area contributed by atoms with Gasteiger partial charge in [-0.05, 0) is 42.7 Å². The molecule has 3 aromatic heterocycles. The van der Waals surface area contributed by atoms with Crippen LogP contribution in [0.25, 0.3) is 17.0 Å². The van der Waals surface area contributed by atoms with Crippen LogP contribution in [0.15, 0.2) is 36.7 Å². The summed E-state index contributed by atoms with van der Waals surface area (Å²) in [6, 6.07) is 7.70. The van der Waals surface area contributed by atoms with Crippen LogP contribution in [-0.2, 0) is 11.2 Å². The van der Waals surface area contributed by atoms with Crippen molar-refractivity contribution in [2.45, 2.75) is 26.2 Å². The number of carbonyl (C=O) groups is 1. The van der Waals surface area contributed by atoms with Gasteiger partial charge in [0.1, 0.15) is 17.2 Å². The van der Waals surface area contributed by atoms with Gasteiger partial charge in [-0.25, -0.2) is 4.98 Å². The molecule has 130 valence electrons. The number of pyridine rings is 2. The highest BCUT2D eigenvalue weighted by atomic mass is 35.5. The molecule has 0 fully saturated rings. The number of rotatable bonds is 7. The number of halogens is 1. The average molecular weight is 359 g/mol. The van der Waals surface area contributed by atoms with E-state index in [-0.39, 0.29) is 6.42 Å². The topological polar surface area (TPSA) is 79.5 Å². The molecule has 0 aliphatic heterocycles. The van der Waals surface area contributed by atoms with Crippen LogP contribution in [0.5, 0.6) is 0 Å². The molecule has 0 aromatic carbocycles. The highest BCUT2D eigenvalue weighted by Gasteiger charge is 2.15. The van der Waals surface area contributed by atoms with Crippen molar-refractivity contribution in [2.75, 3.05) is 11.9 Å². The Morgan fingerprint density at radius 2 is 2.20 bits per heavy atom. The van der Waals surface area contributed by atoms with E-state index in [2.05, 4.69) is 23.3 Å². The number of aliphatic carboxylic acids is 1. The Kier molecular flexibility index (Phi) is 5.19. The van der Waals surface area contributed by atoms with Gasteiger partial charge in [0.25, 0.3) is 0 Å². The fourth-order valence-electron chi connectivity index (χ4n) is 2.62. The van der Waals surface area contributed by atoms with E-state index in [1.165, 1.54) is 5.56 Å². The second-order valence-electron chi connectivity index (χ2n) is 5.71. The van der Waals surface area contributed by atoms with Gasteiger partial charge >= 0.3 is 5.97 Å². The van der Waals surface area contributed by atoms with Crippen LogP contribution < -0.4 is 5.32 Å². The number of hydrogen-bond acceptors (Lipinski definition) is 4. The predicted molar refractivity (Wildman–Crippen MR) is 98.2 cm³/mol. The Balaban J connectivity index is 1.99. The quantitative estimate of drug-likeness (QED) is 0.626. The first-order valence-corrected chi connectivity index (χ1v) is 8.55. The zero-order valence-corrected chi connectivity index (χ0v) is 14.6. The number of nitrogens with one attached hydrogen (secondary N) is 1. The number of anilines is 1. The molecule has 0 saturated heterocycles. The molecule has 0 amide bonds. The van der Waals surface area contributed by atoms with Crippen molar-refractivity contribution in [1.29, 1.82) is 0 Å². The van der Waals surface area contributed by atoms with Crippen LogP contribution in [0.4, 0.5) is 5.82 Å². The van der Waals surface area contributed by atoms with Gasteiger partial charge < -0.3 is 10.4 Å². The Hall–Kier alpha value is -2.60. The largest absolute Gasteiger partial charge is 0.481 e. The van der Waals surface area contributed by atoms with Crippen molar-refractivity contribution in [1.82, 2.24) is 14.4 Å². The molecule has 7 heteroatoms. The van der Waals surface area contributed by atoms with Crippen LogP contribution >= 0.6 is 11.6 Å². The summed E-state index contributed by atoms with van der Waals surface area (Å²) in [5, 5.41) is 12.7. The highest BCUT2D eigenvalue weighted by Crippen LogP contribution is 2.28. The van der Waals surface area contributed by atoms with Crippen molar-refractivity contribution in [3.05, 3.63) is 47.2 Å². The van der Waals surface area contributed by atoms with E-state index in [0.717, 1.165) is 23.6 Å². The van der Waals surface area contributed by atoms with E-state index in [1.807, 2.05) is 22.7 Å². The van der Waals surface area contributed by atoms with E-state index < -0.39 is 5.97 Å². The van der Waals surface area contributed by atoms with Gasteiger partial charge in [-0.2, -0.15) is 0 Å². The lowest BCUT2D eigenvalue weighted by atomic mass is 10.2. The number of imidazole rings is 1. The van der Waals surface area contributed by atoms with E-state index in [4.69, 9.17) is 21.7 Å². The first-order valence-electron chi connectivity index (χ1n) is 8.17. The van der Waals surface area contributed by atoms with Gasteiger partial charge in [0.2, 0.25) is 0 Å². The minimum absolute atomic E-state index is 0.123. The molecule has 0 atom stereocenters. The molecule has 3 heterocycles. The van der Waals surface area contributed by atoms with Crippen LogP contribution in [0.1, 0.15) is 25.3 Å². The summed E-state index contributed by atoms with van der Waals surface area (Å²) in [4.78, 5) is 19.8. The Bertz CT molecular complexity index is 890. The van der Waals surface area contributed by atoms with Crippen molar-refractivity contribution in [3.63, 3.8) is 0 Å². The predicted octanol–water partition coefficient (Wildman–Crippen LogP) is 3.89. The van der Waals surface area contributed by atoms with Crippen LogP contribution in [0.2, 0.25) is 5.02 Å². The zero-order chi connectivity index (χ0) is 17.8. The van der Waals surface area contributed by atoms with Gasteiger partial charge in [0.15, 0.2) is 0 Å². The maximum Gasteiger partial charge on any atom is 0.303 e. The molecule has 0 aliphatic rings. The number of nitrogens with zero attached hydrogens (tertiary/aromatic N) is 3. The normalized spacial score (nSPS) is 11.0. The molecule has 0 unspecified atom stereocenters. The maximum atomic E-state index is 10.7. The van der Waals surface area contributed by atoms with Crippen LogP contribution in [-0.4, -0.2) is 32.0 Å². The SMILES string of the molecule is CCc1ccn2c(NCCCC(=O)O)c(-c3ccc(Cl)cn3)nc2c1. The molecule has 25 heavy (non-hydrogen) atoms. The summed E-state index contributed by atoms with van der Waals surface area (Å²) in [7, 11) is 0. The Morgan fingerprint density at radius 3 is 2.88 bits per heavy atom. The molecule has 0 saturated carbocycles. The number of carboxylic acid groups (broad SMARTS) is 1. The summed E-state index contributed by atoms with van der Waals surface area (Å²) >= 11 is 5.93. The summed E-state index contributed by atoms with van der Waals surface area (Å²) in [6.45, 7) is 2.64. The molecule has 0 aliphatic carbocycles. The van der Waals surface area contributed by atoms with E-state index in [9.17, 15) is 4.79 Å². The van der Waals surface area contributed by atoms with Gasteiger partial charge in [-0.1, -0.05) is 18.5 Å². The summed E-state index contributed by atoms with van der Waals surface area (Å²) in [6.07, 6.45) is 5.15. The fraction of sp³-hybridized carbons (Fsp3) is 0.278. The molecular weight excluding hydrogens is 340 g/mol. The monoisotopic (exact) mass is 358 g/mol. The third kappa shape index (κ3) is 3.91. The van der Waals surface area contributed by atoms with Crippen LogP contribution in [0.3, 0.4) is 0 Å². The minimum atomic E-state index is -0.799. The lowest BCUT2D eigenvalue weighted by molar-refractivity contribution is -0.137. The van der Waals surface area contributed by atoms with Gasteiger partial charge in [-0.3, -0.25) is 14.2 Å². The van der Waals surface area contributed by atoms with Gasteiger partial charge in [-0.15, -0.1) is 0 Å². The van der Waals surface area contributed by atoms with Gasteiger partial charge in [0.05, 0.1) is 10.7 Å². The first kappa shape index (κ1) is 17.2. The number of carboxylic acids is 1. The smallest absolute Gasteiger partial charge is 0.303 e. The third-order valence-corrected chi connectivity index (χ3v) is 4.15. The lowest BCUT2D eigenvalue weighted by Gasteiger charge is -2.08. The summed E-state index contributed by atoms with van der Waals surface area (Å²) in [5.41, 5.74) is 3.46. The average Bonchev–Trinajstić information content (AvgIpc) is 2.96. The summed E-state index contributed by atoms with van der Waals surface area (Å²) < 4.78 is 1.96. The van der Waals surface area contributed by atoms with Crippen molar-refractivity contribution >= 4 is 29.0 Å². The van der Waals surface area contributed by atoms with Crippen molar-refractivity contribution in [3.8, 4) is 11.4 Å². The molecule has 0 bridgehead atoms. The third-order valence-electron chi connectivity index (χ3n) is 3.93. The standard InChI is InChI=1S/C18H19ClN4O2/c1-2-12-7-9-23-15(10-12)22-17(14-6-5-13(19)11-21-14)18(23)20-8-3-4-16(24)25/h5-7,9-11,20H,2-4,8H2,1H3,(H,24,25). The van der Waals surface area contributed by atoms with Crippen molar-refractivity contribution in [2.24, 2.45) is 0 Å². The number of aromatic nitrogens is 3. The first-order chi connectivity index (χ1) is 12.1. The number of aryl methyl sites for hydroxylation is 1. The second kappa shape index (κ2) is 7.53. The molecule has 3 aromatic rings. The summed E-state index contributed by atoms with van der Waals surface area (Å²) in [5.74, 6) is 0.00462. The van der Waals surface area contributed by atoms with Crippen molar-refractivity contribution < 1.29 is 9.90 Å². The molecule has 3 rings (SSSR count).